The number of nitrogens with one attached hydrogen (secondary N) is 1. The number of amides is 2. The number of anilines is 1. The minimum Gasteiger partial charge on any atom is -0.495 e. The van der Waals surface area contributed by atoms with Gasteiger partial charge in [0.2, 0.25) is 11.8 Å². The lowest BCUT2D eigenvalue weighted by atomic mass is 10.1. The second kappa shape index (κ2) is 13.5. The van der Waals surface area contributed by atoms with Crippen LogP contribution in [0.3, 0.4) is 0 Å². The van der Waals surface area contributed by atoms with E-state index in [4.69, 9.17) is 4.74 Å². The molecular formula is C31H39N3O5S. The molecule has 0 aliphatic heterocycles. The number of sulfonamides is 1. The number of carbonyl (C=O) groups excluding carboxylic acids is 2. The van der Waals surface area contributed by atoms with Crippen LogP contribution in [0.1, 0.15) is 43.9 Å². The van der Waals surface area contributed by atoms with Crippen molar-refractivity contribution in [2.45, 2.75) is 64.6 Å². The molecule has 2 amide bonds. The Morgan fingerprint density at radius 1 is 0.925 bits per heavy atom. The lowest BCUT2D eigenvalue weighted by Crippen LogP contribution is -2.52. The van der Waals surface area contributed by atoms with Crippen molar-refractivity contribution >= 4 is 27.5 Å². The fraction of sp³-hybridized carbons (Fsp3) is 0.355. The molecule has 0 spiro atoms. The SMILES string of the molecule is CC[C@H](C)NC(=O)[C@H](C)N(Cc1cccc(C)c1)C(=O)CN(c1ccccc1OC)S(=O)(=O)c1ccc(C)cc1. The predicted molar refractivity (Wildman–Crippen MR) is 158 cm³/mol. The Hall–Kier alpha value is -3.85. The van der Waals surface area contributed by atoms with Crippen LogP contribution in [0.25, 0.3) is 0 Å². The minimum absolute atomic E-state index is 0.0459. The number of carbonyl (C=O) groups is 2. The molecule has 3 aromatic carbocycles. The van der Waals surface area contributed by atoms with E-state index in [1.165, 1.54) is 24.1 Å². The number of rotatable bonds is 12. The Kier molecular flexibility index (Phi) is 10.3. The van der Waals surface area contributed by atoms with E-state index in [1.54, 1.807) is 43.3 Å². The number of hydrogen-bond donors (Lipinski definition) is 1. The fourth-order valence-corrected chi connectivity index (χ4v) is 5.67. The van der Waals surface area contributed by atoms with Crippen LogP contribution in [0.5, 0.6) is 5.75 Å². The zero-order valence-corrected chi connectivity index (χ0v) is 24.9. The highest BCUT2D eigenvalue weighted by molar-refractivity contribution is 7.92. The van der Waals surface area contributed by atoms with E-state index in [0.29, 0.717) is 5.75 Å². The van der Waals surface area contributed by atoms with Gasteiger partial charge in [0.15, 0.2) is 0 Å². The highest BCUT2D eigenvalue weighted by Gasteiger charge is 2.34. The summed E-state index contributed by atoms with van der Waals surface area (Å²) < 4.78 is 34.5. The molecule has 40 heavy (non-hydrogen) atoms. The lowest BCUT2D eigenvalue weighted by Gasteiger charge is -2.33. The maximum atomic E-state index is 14.0. The molecule has 0 heterocycles. The van der Waals surface area contributed by atoms with Gasteiger partial charge < -0.3 is 15.0 Å². The number of benzene rings is 3. The van der Waals surface area contributed by atoms with E-state index in [2.05, 4.69) is 5.32 Å². The summed E-state index contributed by atoms with van der Waals surface area (Å²) in [5.41, 5.74) is 2.98. The van der Waals surface area contributed by atoms with E-state index in [0.717, 1.165) is 27.4 Å². The van der Waals surface area contributed by atoms with Crippen molar-refractivity contribution in [2.24, 2.45) is 0 Å². The summed E-state index contributed by atoms with van der Waals surface area (Å²) in [6, 6.07) is 19.9. The molecule has 1 N–H and O–H groups in total. The number of ether oxygens (including phenoxy) is 1. The Labute approximate surface area is 238 Å². The molecule has 0 fully saturated rings. The van der Waals surface area contributed by atoms with Crippen LogP contribution in [0.15, 0.2) is 77.7 Å². The maximum absolute atomic E-state index is 14.0. The largest absolute Gasteiger partial charge is 0.495 e. The Bertz CT molecular complexity index is 1420. The van der Waals surface area contributed by atoms with Crippen LogP contribution in [-0.2, 0) is 26.2 Å². The van der Waals surface area contributed by atoms with Gasteiger partial charge in [-0.2, -0.15) is 0 Å². The Morgan fingerprint density at radius 3 is 2.23 bits per heavy atom. The smallest absolute Gasteiger partial charge is 0.264 e. The number of nitrogens with zero attached hydrogens (tertiary/aromatic N) is 2. The molecule has 3 aromatic rings. The zero-order valence-electron chi connectivity index (χ0n) is 24.0. The van der Waals surface area contributed by atoms with Crippen LogP contribution in [0.2, 0.25) is 0 Å². The number of aryl methyl sites for hydroxylation is 2. The first-order valence-corrected chi connectivity index (χ1v) is 14.8. The molecule has 0 aromatic heterocycles. The maximum Gasteiger partial charge on any atom is 0.264 e. The topological polar surface area (TPSA) is 96.0 Å². The first-order chi connectivity index (χ1) is 19.0. The van der Waals surface area contributed by atoms with Gasteiger partial charge in [0, 0.05) is 12.6 Å². The van der Waals surface area contributed by atoms with Crippen molar-refractivity contribution in [2.75, 3.05) is 18.0 Å². The van der Waals surface area contributed by atoms with Gasteiger partial charge in [-0.25, -0.2) is 8.42 Å². The molecule has 0 saturated heterocycles. The quantitative estimate of drug-likeness (QED) is 0.339. The first-order valence-electron chi connectivity index (χ1n) is 13.4. The highest BCUT2D eigenvalue weighted by Crippen LogP contribution is 2.32. The van der Waals surface area contributed by atoms with Crippen molar-refractivity contribution in [1.29, 1.82) is 0 Å². The summed E-state index contributed by atoms with van der Waals surface area (Å²) in [6.45, 7) is 8.96. The van der Waals surface area contributed by atoms with E-state index < -0.39 is 28.5 Å². The third kappa shape index (κ3) is 7.41. The van der Waals surface area contributed by atoms with Crippen molar-refractivity contribution < 1.29 is 22.7 Å². The summed E-state index contributed by atoms with van der Waals surface area (Å²) in [5, 5.41) is 2.94. The third-order valence-electron chi connectivity index (χ3n) is 6.85. The monoisotopic (exact) mass is 565 g/mol. The molecule has 9 heteroatoms. The predicted octanol–water partition coefficient (Wildman–Crippen LogP) is 4.84. The molecule has 0 radical (unpaired) electrons. The number of hydrogen-bond acceptors (Lipinski definition) is 5. The highest BCUT2D eigenvalue weighted by atomic mass is 32.2. The molecule has 8 nitrogen and oxygen atoms in total. The molecule has 3 rings (SSSR count). The summed E-state index contributed by atoms with van der Waals surface area (Å²) in [6.07, 6.45) is 0.737. The molecule has 0 bridgehead atoms. The molecule has 0 aliphatic rings. The van der Waals surface area contributed by atoms with E-state index in [1.807, 2.05) is 52.0 Å². The summed E-state index contributed by atoms with van der Waals surface area (Å²) in [4.78, 5) is 28.7. The van der Waals surface area contributed by atoms with Crippen LogP contribution < -0.4 is 14.4 Å². The van der Waals surface area contributed by atoms with Gasteiger partial charge in [0.25, 0.3) is 10.0 Å². The summed E-state index contributed by atoms with van der Waals surface area (Å²) in [5.74, 6) is -0.519. The molecule has 0 unspecified atom stereocenters. The molecule has 2 atom stereocenters. The molecular weight excluding hydrogens is 526 g/mol. The van der Waals surface area contributed by atoms with Gasteiger partial charge in [0.1, 0.15) is 18.3 Å². The van der Waals surface area contributed by atoms with Gasteiger partial charge >= 0.3 is 0 Å². The summed E-state index contributed by atoms with van der Waals surface area (Å²) >= 11 is 0. The molecule has 0 aliphatic carbocycles. The van der Waals surface area contributed by atoms with Gasteiger partial charge in [-0.1, -0.05) is 66.6 Å². The second-order valence-corrected chi connectivity index (χ2v) is 11.9. The van der Waals surface area contributed by atoms with Crippen molar-refractivity contribution in [3.8, 4) is 5.75 Å². The molecule has 0 saturated carbocycles. The number of methoxy groups -OCH3 is 1. The minimum atomic E-state index is -4.18. The zero-order chi connectivity index (χ0) is 29.4. The lowest BCUT2D eigenvalue weighted by molar-refractivity contribution is -0.139. The van der Waals surface area contributed by atoms with Gasteiger partial charge in [-0.15, -0.1) is 0 Å². The van der Waals surface area contributed by atoms with Crippen molar-refractivity contribution in [3.05, 3.63) is 89.5 Å². The standard InChI is InChI=1S/C31H39N3O5S/c1-7-24(4)32-31(36)25(5)33(20-26-12-10-11-23(3)19-26)30(35)21-34(28-13-8-9-14-29(28)39-6)40(37,38)27-17-15-22(2)16-18-27/h8-19,24-25H,7,20-21H2,1-6H3,(H,32,36)/t24-,25-/m0/s1. The Morgan fingerprint density at radius 2 is 1.60 bits per heavy atom. The van der Waals surface area contributed by atoms with E-state index in [-0.39, 0.29) is 29.1 Å². The van der Waals surface area contributed by atoms with Gasteiger partial charge in [-0.3, -0.25) is 13.9 Å². The second-order valence-electron chi connectivity index (χ2n) is 10.0. The third-order valence-corrected chi connectivity index (χ3v) is 8.62. The van der Waals surface area contributed by atoms with E-state index >= 15 is 0 Å². The number of para-hydroxylation sites is 2. The van der Waals surface area contributed by atoms with Crippen molar-refractivity contribution in [3.63, 3.8) is 0 Å². The van der Waals surface area contributed by atoms with Crippen LogP contribution in [0, 0.1) is 13.8 Å². The fourth-order valence-electron chi connectivity index (χ4n) is 4.24. The average Bonchev–Trinajstić information content (AvgIpc) is 2.94. The van der Waals surface area contributed by atoms with Gasteiger partial charge in [0.05, 0.1) is 17.7 Å². The van der Waals surface area contributed by atoms with Crippen molar-refractivity contribution in [1.82, 2.24) is 10.2 Å². The normalized spacial score (nSPS) is 12.8. The first kappa shape index (κ1) is 30.7. The Balaban J connectivity index is 2.06. The van der Waals surface area contributed by atoms with Crippen LogP contribution >= 0.6 is 0 Å². The van der Waals surface area contributed by atoms with Crippen LogP contribution in [-0.4, -0.2) is 50.9 Å². The van der Waals surface area contributed by atoms with Gasteiger partial charge in [-0.05, 0) is 63.9 Å². The molecule has 214 valence electrons. The van der Waals surface area contributed by atoms with Crippen LogP contribution in [0.4, 0.5) is 5.69 Å². The summed E-state index contributed by atoms with van der Waals surface area (Å²) in [7, 11) is -2.73. The van der Waals surface area contributed by atoms with E-state index in [9.17, 15) is 18.0 Å². The average molecular weight is 566 g/mol.